The lowest BCUT2D eigenvalue weighted by Crippen LogP contribution is -2.50. The predicted molar refractivity (Wildman–Crippen MR) is 163 cm³/mol. The van der Waals surface area contributed by atoms with Gasteiger partial charge in [0.15, 0.2) is 0 Å². The summed E-state index contributed by atoms with van der Waals surface area (Å²) in [5.74, 6) is 0. The Morgan fingerprint density at radius 2 is 1.05 bits per heavy atom. The Hall–Kier alpha value is -2.19. The summed E-state index contributed by atoms with van der Waals surface area (Å²) in [5.41, 5.74) is 3.76. The molecule has 3 atom stereocenters. The van der Waals surface area contributed by atoms with Crippen molar-refractivity contribution in [2.24, 2.45) is 10.8 Å². The highest BCUT2D eigenvalue weighted by atomic mass is 31.2. The molecule has 0 aromatic heterocycles. The molecule has 0 bridgehead atoms. The largest absolute Gasteiger partial charge is 0.288 e. The molecule has 0 N–H and O–H groups in total. The van der Waals surface area contributed by atoms with Crippen molar-refractivity contribution in [1.29, 1.82) is 0 Å². The van der Waals surface area contributed by atoms with Crippen LogP contribution in [0.25, 0.3) is 0 Å². The van der Waals surface area contributed by atoms with Crippen LogP contribution in [0, 0.1) is 10.8 Å². The number of hydrogen-bond donors (Lipinski definition) is 0. The molecule has 0 saturated carbocycles. The Morgan fingerprint density at radius 3 is 1.42 bits per heavy atom. The molecule has 38 heavy (non-hydrogen) atoms. The van der Waals surface area contributed by atoms with Gasteiger partial charge < -0.3 is 0 Å². The molecule has 1 fully saturated rings. The average molecular weight is 531 g/mol. The van der Waals surface area contributed by atoms with Crippen molar-refractivity contribution < 1.29 is 4.57 Å². The monoisotopic (exact) mass is 530 g/mol. The summed E-state index contributed by atoms with van der Waals surface area (Å²) in [5, 5.41) is 0. The zero-order valence-corrected chi connectivity index (χ0v) is 25.4. The molecule has 1 aliphatic heterocycles. The summed E-state index contributed by atoms with van der Waals surface area (Å²) in [6.45, 7) is 17.5. The van der Waals surface area contributed by atoms with Gasteiger partial charge in [-0.25, -0.2) is 9.34 Å². The molecule has 0 aliphatic carbocycles. The van der Waals surface area contributed by atoms with Crippen molar-refractivity contribution in [3.8, 4) is 0 Å². The van der Waals surface area contributed by atoms with E-state index < -0.39 is 7.44 Å². The van der Waals surface area contributed by atoms with Crippen molar-refractivity contribution in [2.45, 2.75) is 79.1 Å². The molecule has 1 aliphatic rings. The molecule has 3 nitrogen and oxygen atoms in total. The third-order valence-electron chi connectivity index (χ3n) is 7.49. The maximum Gasteiger partial charge on any atom is 0.220 e. The fraction of sp³-hybridized carbons (Fsp3) is 0.471. The van der Waals surface area contributed by atoms with Gasteiger partial charge in [0.1, 0.15) is 0 Å². The van der Waals surface area contributed by atoms with Crippen LogP contribution in [0.3, 0.4) is 0 Å². The first kappa shape index (κ1) is 28.8. The highest BCUT2D eigenvalue weighted by Crippen LogP contribution is 2.69. The van der Waals surface area contributed by atoms with Crippen LogP contribution in [0.2, 0.25) is 0 Å². The normalized spacial score (nSPS) is 24.3. The number of hydrogen-bond acceptors (Lipinski definition) is 1. The van der Waals surface area contributed by atoms with Crippen LogP contribution in [0.15, 0.2) is 91.0 Å². The lowest BCUT2D eigenvalue weighted by Gasteiger charge is -2.56. The third-order valence-corrected chi connectivity index (χ3v) is 11.1. The van der Waals surface area contributed by atoms with Gasteiger partial charge in [-0.1, -0.05) is 139 Å². The van der Waals surface area contributed by atoms with Crippen LogP contribution in [-0.2, 0) is 11.0 Å². The summed E-state index contributed by atoms with van der Waals surface area (Å²) in [7, 11) is -3.06. The average Bonchev–Trinajstić information content (AvgIpc) is 2.87. The van der Waals surface area contributed by atoms with Crippen molar-refractivity contribution in [1.82, 2.24) is 9.34 Å². The minimum atomic E-state index is -3.06. The van der Waals surface area contributed by atoms with E-state index in [0.29, 0.717) is 0 Å². The molecule has 204 valence electrons. The van der Waals surface area contributed by atoms with E-state index in [1.54, 1.807) is 0 Å². The second-order valence-electron chi connectivity index (χ2n) is 13.5. The van der Waals surface area contributed by atoms with E-state index in [4.69, 9.17) is 0 Å². The zero-order valence-electron chi connectivity index (χ0n) is 24.5. The summed E-state index contributed by atoms with van der Waals surface area (Å²) in [6, 6.07) is 32.4. The van der Waals surface area contributed by atoms with Crippen LogP contribution in [0.4, 0.5) is 0 Å². The Bertz CT molecular complexity index is 1130. The number of benzene rings is 3. The second kappa shape index (κ2) is 11.5. The first-order chi connectivity index (χ1) is 17.9. The van der Waals surface area contributed by atoms with E-state index in [1.807, 2.05) is 0 Å². The first-order valence-corrected chi connectivity index (χ1v) is 15.8. The van der Waals surface area contributed by atoms with Gasteiger partial charge in [0.25, 0.3) is 0 Å². The third kappa shape index (κ3) is 6.68. The van der Waals surface area contributed by atoms with Gasteiger partial charge in [-0.2, -0.15) is 0 Å². The Kier molecular flexibility index (Phi) is 8.72. The molecule has 1 saturated heterocycles. The van der Waals surface area contributed by atoms with Crippen LogP contribution in [0.5, 0.6) is 0 Å². The molecule has 0 spiro atoms. The fourth-order valence-electron chi connectivity index (χ4n) is 5.94. The maximum atomic E-state index is 16.2. The predicted octanol–water partition coefficient (Wildman–Crippen LogP) is 9.39. The Morgan fingerprint density at radius 1 is 0.684 bits per heavy atom. The highest BCUT2D eigenvalue weighted by molar-refractivity contribution is 7.59. The molecule has 1 heterocycles. The summed E-state index contributed by atoms with van der Waals surface area (Å²) >= 11 is 0. The van der Waals surface area contributed by atoms with Gasteiger partial charge in [-0.15, -0.1) is 0 Å². The number of nitrogens with zero attached hydrogens (tertiary/aromatic N) is 2. The fourth-order valence-corrected chi connectivity index (χ4v) is 10.2. The minimum absolute atomic E-state index is 0.00213. The topological polar surface area (TPSA) is 23.6 Å². The number of rotatable bonds is 7. The van der Waals surface area contributed by atoms with Gasteiger partial charge in [0, 0.05) is 30.8 Å². The Balaban J connectivity index is 1.93. The standard InChI is InChI=1S/C34H47N2OP/c1-27(23-28-17-11-8-12-18-28)38(37)35(25-33(2,3)4)31(29-19-13-9-14-20-29)24-32(30-21-15-10-16-22-30)36(38)26-34(5,6)7/h8-22,27,31-32H,23-26H2,1-7H3. The van der Waals surface area contributed by atoms with Crippen molar-refractivity contribution >= 4 is 7.44 Å². The van der Waals surface area contributed by atoms with Crippen LogP contribution >= 0.6 is 7.44 Å². The second-order valence-corrected chi connectivity index (χ2v) is 16.6. The van der Waals surface area contributed by atoms with E-state index in [0.717, 1.165) is 25.9 Å². The van der Waals surface area contributed by atoms with E-state index >= 15 is 4.57 Å². The molecule has 3 aromatic rings. The van der Waals surface area contributed by atoms with Gasteiger partial charge >= 0.3 is 0 Å². The lowest BCUT2D eigenvalue weighted by atomic mass is 9.90. The zero-order chi connectivity index (χ0) is 27.6. The molecule has 3 aromatic carbocycles. The van der Waals surface area contributed by atoms with Gasteiger partial charge in [-0.3, -0.25) is 4.57 Å². The Labute approximate surface area is 231 Å². The molecule has 3 unspecified atom stereocenters. The molecular formula is C34H47N2OP. The molecule has 4 heteroatoms. The van der Waals surface area contributed by atoms with E-state index in [-0.39, 0.29) is 28.6 Å². The van der Waals surface area contributed by atoms with E-state index in [1.165, 1.54) is 16.7 Å². The van der Waals surface area contributed by atoms with Gasteiger partial charge in [0.05, 0.1) is 0 Å². The van der Waals surface area contributed by atoms with Gasteiger partial charge in [0.2, 0.25) is 7.44 Å². The summed E-state index contributed by atoms with van der Waals surface area (Å²) in [6.07, 6.45) is 1.71. The smallest absolute Gasteiger partial charge is 0.220 e. The van der Waals surface area contributed by atoms with E-state index in [9.17, 15) is 0 Å². The van der Waals surface area contributed by atoms with Crippen LogP contribution in [0.1, 0.15) is 83.7 Å². The van der Waals surface area contributed by atoms with Crippen molar-refractivity contribution in [3.63, 3.8) is 0 Å². The van der Waals surface area contributed by atoms with Crippen LogP contribution < -0.4 is 0 Å². The van der Waals surface area contributed by atoms with Crippen LogP contribution in [-0.4, -0.2) is 28.1 Å². The molecule has 0 radical (unpaired) electrons. The maximum absolute atomic E-state index is 16.2. The van der Waals surface area contributed by atoms with E-state index in [2.05, 4.69) is 149 Å². The molecule has 0 amide bonds. The summed E-state index contributed by atoms with van der Waals surface area (Å²) in [4.78, 5) is 0. The lowest BCUT2D eigenvalue weighted by molar-refractivity contribution is 0.111. The molecule has 4 rings (SSSR count). The van der Waals surface area contributed by atoms with Crippen molar-refractivity contribution in [3.05, 3.63) is 108 Å². The summed E-state index contributed by atoms with van der Waals surface area (Å²) < 4.78 is 21.1. The SMILES string of the molecule is CC(Cc1ccccc1)P1(=O)N(CC(C)(C)C)C(c2ccccc2)CC(c2ccccc2)N1CC(C)(C)C. The quantitative estimate of drug-likeness (QED) is 0.284. The highest BCUT2D eigenvalue weighted by Gasteiger charge is 2.53. The molecular weight excluding hydrogens is 483 g/mol. The minimum Gasteiger partial charge on any atom is -0.288 e. The first-order valence-electron chi connectivity index (χ1n) is 14.2. The van der Waals surface area contributed by atoms with Gasteiger partial charge in [-0.05, 0) is 40.4 Å². The van der Waals surface area contributed by atoms with Crippen molar-refractivity contribution in [2.75, 3.05) is 13.1 Å².